The molecule has 0 saturated heterocycles. The summed E-state index contributed by atoms with van der Waals surface area (Å²) in [6, 6.07) is 37.2. The summed E-state index contributed by atoms with van der Waals surface area (Å²) in [6.45, 7) is 10.5. The molecule has 0 bridgehead atoms. The monoisotopic (exact) mass is 922 g/mol. The number of para-hydroxylation sites is 1. The van der Waals surface area contributed by atoms with E-state index in [-0.39, 0.29) is 55.6 Å². The third-order valence-corrected chi connectivity index (χ3v) is 12.7. The summed E-state index contributed by atoms with van der Waals surface area (Å²) in [7, 11) is 0. The number of fused-ring (bicyclic) bond motifs is 3. The molecule has 8 aromatic carbocycles. The van der Waals surface area contributed by atoms with Crippen LogP contribution in [0, 0.1) is 13.2 Å². The Hall–Kier alpha value is -8.28. The first-order valence-electron chi connectivity index (χ1n) is 29.6. The second-order valence-corrected chi connectivity index (χ2v) is 19.4. The van der Waals surface area contributed by atoms with Gasteiger partial charge in [0.1, 0.15) is 17.3 Å². The lowest BCUT2D eigenvalue weighted by atomic mass is 9.86. The summed E-state index contributed by atoms with van der Waals surface area (Å²) in [6.07, 6.45) is 6.81. The van der Waals surface area contributed by atoms with E-state index in [1.807, 2.05) is 30.5 Å². The standard InChI is InChI=1S/C65H56N4O/c1-44-18-14-15-25-54(44)61-42-67(43-68(61)63-55(46-19-10-8-11-20-46)26-17-27-56(63)47-21-12-9-13-22-47)51-23-16-24-52(40-51)70-53-33-34-57-58-38-48(45-28-31-49(32-29-45)64(2,3)4)30-35-59(58)69(60(57)41-53)62-39-50(36-37-66-62)65(5,6)7/h8-42H,1-7H3/i1D3,8D,9D,10D,11D,12D,13D,19D,20D,21D,22D. The Morgan fingerprint density at radius 1 is 0.557 bits per heavy atom. The fourth-order valence-corrected chi connectivity index (χ4v) is 9.02. The number of imidazole rings is 1. The van der Waals surface area contributed by atoms with E-state index in [1.54, 1.807) is 53.2 Å². The molecule has 0 aliphatic heterocycles. The first kappa shape index (κ1) is 31.7. The Morgan fingerprint density at radius 3 is 1.91 bits per heavy atom. The topological polar surface area (TPSA) is 35.9 Å². The molecule has 0 amide bonds. The molecule has 0 atom stereocenters. The number of rotatable bonds is 9. The number of ether oxygens (including phenoxy) is 1. The van der Waals surface area contributed by atoms with Gasteiger partial charge in [0.25, 0.3) is 6.33 Å². The Kier molecular flexibility index (Phi) is 8.00. The van der Waals surface area contributed by atoms with E-state index in [0.717, 1.165) is 44.3 Å². The largest absolute Gasteiger partial charge is 0.458 e. The van der Waals surface area contributed by atoms with Gasteiger partial charge in [-0.05, 0) is 128 Å². The summed E-state index contributed by atoms with van der Waals surface area (Å²) in [4.78, 5) is 4.92. The highest BCUT2D eigenvalue weighted by Gasteiger charge is 2.23. The number of aromatic nitrogens is 4. The van der Waals surface area contributed by atoms with Crippen LogP contribution in [0.3, 0.4) is 0 Å². The van der Waals surface area contributed by atoms with Crippen LogP contribution in [0.2, 0.25) is 0 Å². The van der Waals surface area contributed by atoms with Crippen molar-refractivity contribution in [3.8, 4) is 73.3 Å². The summed E-state index contributed by atoms with van der Waals surface area (Å²) in [5, 5.41) is 2.02. The van der Waals surface area contributed by atoms with Gasteiger partial charge in [-0.1, -0.05) is 181 Å². The molecule has 0 aliphatic carbocycles. The van der Waals surface area contributed by atoms with Gasteiger partial charge in [0.2, 0.25) is 0 Å². The molecule has 0 N–H and O–H groups in total. The summed E-state index contributed by atoms with van der Waals surface area (Å²) >= 11 is 0. The van der Waals surface area contributed by atoms with E-state index in [2.05, 4.69) is 101 Å². The third kappa shape index (κ3) is 8.38. The predicted molar refractivity (Wildman–Crippen MR) is 289 cm³/mol. The molecule has 5 heteroatoms. The van der Waals surface area contributed by atoms with Gasteiger partial charge >= 0.3 is 0 Å². The Labute approximate surface area is 429 Å². The lowest BCUT2D eigenvalue weighted by Gasteiger charge is -2.20. The average molecular weight is 922 g/mol. The zero-order valence-corrected chi connectivity index (χ0v) is 39.6. The van der Waals surface area contributed by atoms with Crippen molar-refractivity contribution >= 4 is 21.8 Å². The zero-order valence-electron chi connectivity index (χ0n) is 52.6. The fraction of sp³-hybridized carbons (Fsp3) is 0.138. The molecule has 0 spiro atoms. The predicted octanol–water partition coefficient (Wildman–Crippen LogP) is 16.4. The van der Waals surface area contributed by atoms with Crippen molar-refractivity contribution in [1.82, 2.24) is 14.1 Å². The first-order chi connectivity index (χ1) is 39.2. The van der Waals surface area contributed by atoms with Gasteiger partial charge in [-0.2, -0.15) is 0 Å². The van der Waals surface area contributed by atoms with Crippen LogP contribution in [-0.2, 0) is 10.8 Å². The van der Waals surface area contributed by atoms with Crippen LogP contribution in [0.5, 0.6) is 11.5 Å². The molecule has 11 rings (SSSR count). The Balaban J connectivity index is 1.10. The van der Waals surface area contributed by atoms with Gasteiger partial charge in [0.15, 0.2) is 0 Å². The van der Waals surface area contributed by atoms with E-state index in [0.29, 0.717) is 17.2 Å². The van der Waals surface area contributed by atoms with E-state index < -0.39 is 67.3 Å². The van der Waals surface area contributed by atoms with E-state index in [9.17, 15) is 0 Å². The number of benzene rings is 8. The molecule has 0 unspecified atom stereocenters. The highest BCUT2D eigenvalue weighted by molar-refractivity contribution is 6.10. The normalized spacial score (nSPS) is 14.7. The van der Waals surface area contributed by atoms with E-state index in [1.165, 1.54) is 34.4 Å². The minimum atomic E-state index is -2.66. The van der Waals surface area contributed by atoms with Gasteiger partial charge in [-0.3, -0.25) is 13.7 Å². The maximum absolute atomic E-state index is 9.15. The smallest absolute Gasteiger partial charge is 0.269 e. The lowest BCUT2D eigenvalue weighted by molar-refractivity contribution is -0.586. The van der Waals surface area contributed by atoms with Crippen molar-refractivity contribution in [2.24, 2.45) is 0 Å². The molecule has 70 heavy (non-hydrogen) atoms. The maximum Gasteiger partial charge on any atom is 0.269 e. The van der Waals surface area contributed by atoms with Crippen molar-refractivity contribution in [3.05, 3.63) is 235 Å². The third-order valence-electron chi connectivity index (χ3n) is 12.7. The van der Waals surface area contributed by atoms with Gasteiger partial charge < -0.3 is 4.74 Å². The van der Waals surface area contributed by atoms with Crippen LogP contribution in [0.15, 0.2) is 212 Å². The van der Waals surface area contributed by atoms with Crippen molar-refractivity contribution in [3.63, 3.8) is 0 Å². The Bertz CT molecular complexity index is 4290. The second-order valence-electron chi connectivity index (χ2n) is 19.4. The SMILES string of the molecule is [2H]c1c([2H])c([2H])c(-c2cccc(-c3c([2H])c([2H])c([2H])c([2H])c3[2H])c2-[n+]2[c-]n(-c3cccc(Oc4ccc5c6cc(-c7ccc(C(C)(C)C)cc7)ccc6n(-c6cc(C(C)(C)C)ccn6)c5c4)c3)cc2-c2ccccc2C([2H])([2H])[2H])c([2H])c1[2H]. The Morgan fingerprint density at radius 2 is 1.21 bits per heavy atom. The van der Waals surface area contributed by atoms with Crippen molar-refractivity contribution < 1.29 is 27.1 Å². The van der Waals surface area contributed by atoms with E-state index in [4.69, 9.17) is 27.5 Å². The molecule has 3 heterocycles. The molecule has 0 fully saturated rings. The number of aryl methyl sites for hydroxylation is 1. The minimum Gasteiger partial charge on any atom is -0.458 e. The van der Waals surface area contributed by atoms with E-state index >= 15 is 0 Å². The van der Waals surface area contributed by atoms with Crippen molar-refractivity contribution in [2.45, 2.75) is 59.2 Å². The van der Waals surface area contributed by atoms with Gasteiger partial charge in [-0.25, -0.2) is 4.98 Å². The van der Waals surface area contributed by atoms with Gasteiger partial charge in [-0.15, -0.1) is 0 Å². The van der Waals surface area contributed by atoms with Crippen LogP contribution in [-0.4, -0.2) is 14.1 Å². The number of hydrogen-bond acceptors (Lipinski definition) is 2. The number of pyridine rings is 1. The summed E-state index contributed by atoms with van der Waals surface area (Å²) < 4.78 is 126. The van der Waals surface area contributed by atoms with Crippen LogP contribution < -0.4 is 9.30 Å². The van der Waals surface area contributed by atoms with Crippen molar-refractivity contribution in [1.29, 1.82) is 0 Å². The second kappa shape index (κ2) is 17.7. The molecule has 5 nitrogen and oxygen atoms in total. The molecule has 0 radical (unpaired) electrons. The van der Waals surface area contributed by atoms with Crippen molar-refractivity contribution in [2.75, 3.05) is 0 Å². The fourth-order valence-electron chi connectivity index (χ4n) is 9.02. The molecular formula is C65H56N4O. The zero-order chi connectivity index (χ0) is 59.4. The number of hydrogen-bond donors (Lipinski definition) is 0. The molecule has 3 aromatic heterocycles. The highest BCUT2D eigenvalue weighted by Crippen LogP contribution is 2.40. The van der Waals surface area contributed by atoms with Crippen LogP contribution in [0.4, 0.5) is 0 Å². The molecule has 342 valence electrons. The quantitative estimate of drug-likeness (QED) is 0.107. The maximum atomic E-state index is 9.15. The van der Waals surface area contributed by atoms with Crippen LogP contribution in [0.25, 0.3) is 83.6 Å². The average Bonchev–Trinajstić information content (AvgIpc) is 3.19. The minimum absolute atomic E-state index is 0.00845. The lowest BCUT2D eigenvalue weighted by Crippen LogP contribution is -2.33. The van der Waals surface area contributed by atoms with Gasteiger partial charge in [0, 0.05) is 33.3 Å². The molecular weight excluding hydrogens is 853 g/mol. The highest BCUT2D eigenvalue weighted by atomic mass is 16.5. The summed E-state index contributed by atoms with van der Waals surface area (Å²) in [5.74, 6) is 1.67. The molecule has 0 saturated carbocycles. The van der Waals surface area contributed by atoms with Crippen LogP contribution in [0.1, 0.15) is 76.1 Å². The number of nitrogens with zero attached hydrogens (tertiary/aromatic N) is 4. The summed E-state index contributed by atoms with van der Waals surface area (Å²) in [5.41, 5.74) is 6.52. The molecule has 11 aromatic rings. The van der Waals surface area contributed by atoms with Gasteiger partial charge in [0.05, 0.1) is 41.8 Å². The van der Waals surface area contributed by atoms with Crippen LogP contribution >= 0.6 is 0 Å². The first-order valence-corrected chi connectivity index (χ1v) is 23.1. The molecule has 0 aliphatic rings.